The van der Waals surface area contributed by atoms with E-state index in [1.54, 1.807) is 0 Å². The predicted molar refractivity (Wildman–Crippen MR) is 139 cm³/mol. The van der Waals surface area contributed by atoms with Crippen LogP contribution in [0.5, 0.6) is 0 Å². The fraction of sp³-hybridized carbons (Fsp3) is 0.333. The molecule has 0 saturated carbocycles. The first-order valence-electron chi connectivity index (χ1n) is 10.2. The average Bonchev–Trinajstić information content (AvgIpc) is 3.50. The number of hydrogen-bond donors (Lipinski definition) is 0. The van der Waals surface area contributed by atoms with Gasteiger partial charge in [-0.25, -0.2) is 9.59 Å². The van der Waals surface area contributed by atoms with Gasteiger partial charge in [0.1, 0.15) is 13.2 Å². The summed E-state index contributed by atoms with van der Waals surface area (Å²) in [6.45, 7) is 7.74. The lowest BCUT2D eigenvalue weighted by Gasteiger charge is -2.20. The second-order valence-electron chi connectivity index (χ2n) is 7.34. The van der Waals surface area contributed by atoms with Gasteiger partial charge in [-0.1, -0.05) is 37.4 Å². The van der Waals surface area contributed by atoms with Crippen molar-refractivity contribution < 1.29 is 19.1 Å². The van der Waals surface area contributed by atoms with Gasteiger partial charge >= 0.3 is 11.9 Å². The monoisotopic (exact) mass is 504 g/mol. The third-order valence-corrected chi connectivity index (χ3v) is 11.7. The minimum Gasteiger partial charge on any atom is -0.461 e. The van der Waals surface area contributed by atoms with E-state index in [1.807, 2.05) is 47.0 Å². The molecule has 4 unspecified atom stereocenters. The van der Waals surface area contributed by atoms with Crippen molar-refractivity contribution in [2.75, 3.05) is 24.7 Å². The van der Waals surface area contributed by atoms with Crippen molar-refractivity contribution in [1.82, 2.24) is 0 Å². The van der Waals surface area contributed by atoms with E-state index in [9.17, 15) is 9.59 Å². The SMILES string of the molecule is C=CC(=O)OCC1CSC(c2cc3ccccc3cc2C2SCC(COC(=O)C=C)S2)S1. The molecule has 0 amide bonds. The van der Waals surface area contributed by atoms with E-state index in [4.69, 9.17) is 9.47 Å². The fourth-order valence-electron chi connectivity index (χ4n) is 3.55. The lowest BCUT2D eigenvalue weighted by Crippen LogP contribution is -2.14. The Kier molecular flexibility index (Phi) is 8.21. The lowest BCUT2D eigenvalue weighted by molar-refractivity contribution is -0.138. The van der Waals surface area contributed by atoms with E-state index in [0.717, 1.165) is 11.5 Å². The van der Waals surface area contributed by atoms with Crippen molar-refractivity contribution in [3.8, 4) is 0 Å². The number of esters is 2. The number of rotatable bonds is 8. The number of fused-ring (bicyclic) bond motifs is 1. The van der Waals surface area contributed by atoms with E-state index in [-0.39, 0.29) is 22.4 Å². The molecular formula is C24H24O4S4. The van der Waals surface area contributed by atoms with Crippen LogP contribution in [0.25, 0.3) is 10.8 Å². The highest BCUT2D eigenvalue weighted by Gasteiger charge is 2.34. The van der Waals surface area contributed by atoms with Gasteiger partial charge in [-0.05, 0) is 34.0 Å². The maximum atomic E-state index is 11.4. The van der Waals surface area contributed by atoms with Gasteiger partial charge < -0.3 is 9.47 Å². The average molecular weight is 505 g/mol. The Hall–Kier alpha value is -1.48. The van der Waals surface area contributed by atoms with E-state index < -0.39 is 0 Å². The summed E-state index contributed by atoms with van der Waals surface area (Å²) in [5.41, 5.74) is 2.68. The molecule has 2 fully saturated rings. The largest absolute Gasteiger partial charge is 0.461 e. The molecule has 2 aromatic carbocycles. The maximum absolute atomic E-state index is 11.4. The molecule has 168 valence electrons. The van der Waals surface area contributed by atoms with Gasteiger partial charge in [-0.2, -0.15) is 0 Å². The molecular weight excluding hydrogens is 481 g/mol. The summed E-state index contributed by atoms with van der Waals surface area (Å²) in [6.07, 6.45) is 2.42. The number of carbonyl (C=O) groups is 2. The number of benzene rings is 2. The maximum Gasteiger partial charge on any atom is 0.330 e. The van der Waals surface area contributed by atoms with Crippen LogP contribution in [0, 0.1) is 0 Å². The highest BCUT2D eigenvalue weighted by Crippen LogP contribution is 2.56. The zero-order chi connectivity index (χ0) is 22.5. The van der Waals surface area contributed by atoms with Crippen molar-refractivity contribution in [2.24, 2.45) is 0 Å². The van der Waals surface area contributed by atoms with Gasteiger partial charge in [0.25, 0.3) is 0 Å². The molecule has 0 radical (unpaired) electrons. The molecule has 2 aromatic rings. The summed E-state index contributed by atoms with van der Waals surface area (Å²) < 4.78 is 11.1. The van der Waals surface area contributed by atoms with Gasteiger partial charge in [-0.15, -0.1) is 47.0 Å². The molecule has 2 aliphatic heterocycles. The fourth-order valence-corrected chi connectivity index (χ4v) is 10.1. The third-order valence-electron chi connectivity index (χ3n) is 5.11. The topological polar surface area (TPSA) is 52.6 Å². The van der Waals surface area contributed by atoms with E-state index in [2.05, 4.69) is 49.6 Å². The highest BCUT2D eigenvalue weighted by molar-refractivity contribution is 8.20. The normalized spacial score (nSPS) is 24.9. The van der Waals surface area contributed by atoms with Crippen molar-refractivity contribution in [1.29, 1.82) is 0 Å². The van der Waals surface area contributed by atoms with Gasteiger partial charge in [0.15, 0.2) is 0 Å². The zero-order valence-electron chi connectivity index (χ0n) is 17.4. The van der Waals surface area contributed by atoms with Crippen LogP contribution in [0.3, 0.4) is 0 Å². The van der Waals surface area contributed by atoms with E-state index in [0.29, 0.717) is 22.4 Å². The summed E-state index contributed by atoms with van der Waals surface area (Å²) in [4.78, 5) is 22.9. The molecule has 2 heterocycles. The Balaban J connectivity index is 1.53. The zero-order valence-corrected chi connectivity index (χ0v) is 20.7. The highest BCUT2D eigenvalue weighted by atomic mass is 32.2. The number of hydrogen-bond acceptors (Lipinski definition) is 8. The smallest absolute Gasteiger partial charge is 0.330 e. The van der Waals surface area contributed by atoms with Gasteiger partial charge in [-0.3, -0.25) is 0 Å². The summed E-state index contributed by atoms with van der Waals surface area (Å²) in [5, 5.41) is 3.00. The van der Waals surface area contributed by atoms with E-state index in [1.165, 1.54) is 34.1 Å². The summed E-state index contributed by atoms with van der Waals surface area (Å²) >= 11 is 7.55. The van der Waals surface area contributed by atoms with Crippen molar-refractivity contribution >= 4 is 69.8 Å². The minimum atomic E-state index is -0.368. The summed E-state index contributed by atoms with van der Waals surface area (Å²) in [6, 6.07) is 13.1. The lowest BCUT2D eigenvalue weighted by atomic mass is 10.0. The Morgan fingerprint density at radius 3 is 1.69 bits per heavy atom. The van der Waals surface area contributed by atoms with Crippen molar-refractivity contribution in [3.63, 3.8) is 0 Å². The number of ether oxygens (including phenoxy) is 2. The van der Waals surface area contributed by atoms with E-state index >= 15 is 0 Å². The van der Waals surface area contributed by atoms with Crippen molar-refractivity contribution in [3.05, 3.63) is 72.8 Å². The van der Waals surface area contributed by atoms with Gasteiger partial charge in [0.2, 0.25) is 0 Å². The summed E-state index contributed by atoms with van der Waals surface area (Å²) in [5.74, 6) is 1.15. The van der Waals surface area contributed by atoms with Crippen LogP contribution >= 0.6 is 47.0 Å². The molecule has 0 bridgehead atoms. The molecule has 0 N–H and O–H groups in total. The first kappa shape index (κ1) is 23.7. The molecule has 2 saturated heterocycles. The van der Waals surface area contributed by atoms with Gasteiger partial charge in [0, 0.05) is 34.2 Å². The Morgan fingerprint density at radius 1 is 0.844 bits per heavy atom. The molecule has 0 aliphatic carbocycles. The quantitative estimate of drug-likeness (QED) is 0.321. The van der Waals surface area contributed by atoms with Crippen LogP contribution in [-0.4, -0.2) is 47.2 Å². The third kappa shape index (κ3) is 5.71. The minimum absolute atomic E-state index is 0.267. The summed E-state index contributed by atoms with van der Waals surface area (Å²) in [7, 11) is 0. The van der Waals surface area contributed by atoms with Crippen molar-refractivity contribution in [2.45, 2.75) is 19.7 Å². The molecule has 8 heteroatoms. The van der Waals surface area contributed by atoms with Crippen LogP contribution in [0.4, 0.5) is 0 Å². The van der Waals surface area contributed by atoms with Crippen LogP contribution in [0.2, 0.25) is 0 Å². The molecule has 0 aromatic heterocycles. The Labute approximate surface area is 205 Å². The Bertz CT molecular complexity index is 944. The molecule has 4 atom stereocenters. The first-order chi connectivity index (χ1) is 15.6. The number of thioether (sulfide) groups is 4. The molecule has 4 nitrogen and oxygen atoms in total. The second kappa shape index (κ2) is 11.1. The van der Waals surface area contributed by atoms with Gasteiger partial charge in [0.05, 0.1) is 9.16 Å². The van der Waals surface area contributed by atoms with Crippen LogP contribution in [0.15, 0.2) is 61.7 Å². The van der Waals surface area contributed by atoms with Crippen LogP contribution < -0.4 is 0 Å². The Morgan fingerprint density at radius 2 is 1.28 bits per heavy atom. The molecule has 4 rings (SSSR count). The standard InChI is InChI=1S/C24H24O4S4/c1-3-21(25)27-11-17-13-29-23(31-17)19-9-15-7-5-6-8-16(15)10-20(19)24-30-14-18(32-24)12-28-22(26)4-2/h3-10,17-18,23-24H,1-2,11-14H2. The molecule has 32 heavy (non-hydrogen) atoms. The van der Waals surface area contributed by atoms with Crippen LogP contribution in [0.1, 0.15) is 20.3 Å². The molecule has 0 spiro atoms. The number of carbonyl (C=O) groups excluding carboxylic acids is 2. The molecule has 2 aliphatic rings. The van der Waals surface area contributed by atoms with Crippen LogP contribution in [-0.2, 0) is 19.1 Å². The second-order valence-corrected chi connectivity index (χ2v) is 13.0. The predicted octanol–water partition coefficient (Wildman–Crippen LogP) is 5.99. The first-order valence-corrected chi connectivity index (χ1v) is 14.2.